The van der Waals surface area contributed by atoms with Gasteiger partial charge >= 0.3 is 0 Å². The zero-order valence-corrected chi connectivity index (χ0v) is 9.08. The van der Waals surface area contributed by atoms with Crippen LogP contribution in [0.5, 0.6) is 0 Å². The fraction of sp³-hybridized carbons (Fsp3) is 0.417. The number of amides is 1. The van der Waals surface area contributed by atoms with Crippen molar-refractivity contribution in [3.8, 4) is 0 Å². The molecule has 0 atom stereocenters. The number of rotatable bonds is 2. The highest BCUT2D eigenvalue weighted by Crippen LogP contribution is 2.08. The van der Waals surface area contributed by atoms with Crippen LogP contribution < -0.4 is 5.32 Å². The van der Waals surface area contributed by atoms with Crippen molar-refractivity contribution in [3.63, 3.8) is 0 Å². The van der Waals surface area contributed by atoms with Crippen molar-refractivity contribution in [2.24, 2.45) is 0 Å². The minimum absolute atomic E-state index is 0.113. The molecule has 0 aliphatic carbocycles. The Balaban J connectivity index is 2.02. The van der Waals surface area contributed by atoms with E-state index in [-0.39, 0.29) is 11.7 Å². The van der Waals surface area contributed by atoms with Crippen LogP contribution in [0.4, 0.5) is 4.39 Å². The van der Waals surface area contributed by atoms with Gasteiger partial charge in [-0.05, 0) is 30.7 Å². The van der Waals surface area contributed by atoms with Crippen LogP contribution in [0.15, 0.2) is 24.3 Å². The Hall–Kier alpha value is -1.42. The van der Waals surface area contributed by atoms with Crippen molar-refractivity contribution < 1.29 is 9.18 Å². The summed E-state index contributed by atoms with van der Waals surface area (Å²) in [6, 6.07) is 6.30. The van der Waals surface area contributed by atoms with Crippen molar-refractivity contribution in [3.05, 3.63) is 35.6 Å². The molecule has 0 aromatic heterocycles. The van der Waals surface area contributed by atoms with E-state index in [1.54, 1.807) is 12.1 Å². The molecule has 0 bridgehead atoms. The van der Waals surface area contributed by atoms with Gasteiger partial charge in [-0.15, -0.1) is 0 Å². The predicted molar refractivity (Wildman–Crippen MR) is 59.3 cm³/mol. The highest BCUT2D eigenvalue weighted by Gasteiger charge is 2.15. The first kappa shape index (κ1) is 11.1. The van der Waals surface area contributed by atoms with E-state index in [9.17, 15) is 9.18 Å². The summed E-state index contributed by atoms with van der Waals surface area (Å²) in [5.41, 5.74) is 0.969. The molecule has 86 valence electrons. The SMILES string of the molecule is O=C1CNCCCN1Cc1ccc(F)cc1. The molecule has 1 aliphatic rings. The van der Waals surface area contributed by atoms with E-state index in [2.05, 4.69) is 5.32 Å². The molecule has 0 spiro atoms. The molecular formula is C12H15FN2O. The lowest BCUT2D eigenvalue weighted by molar-refractivity contribution is -0.130. The molecule has 1 fully saturated rings. The molecule has 1 aliphatic heterocycles. The summed E-state index contributed by atoms with van der Waals surface area (Å²) < 4.78 is 12.7. The van der Waals surface area contributed by atoms with Crippen LogP contribution in [0.2, 0.25) is 0 Å². The predicted octanol–water partition coefficient (Wildman–Crippen LogP) is 1.15. The van der Waals surface area contributed by atoms with Crippen molar-refractivity contribution in [1.29, 1.82) is 0 Å². The normalized spacial score (nSPS) is 17.3. The first-order valence-electron chi connectivity index (χ1n) is 5.48. The molecule has 16 heavy (non-hydrogen) atoms. The molecular weight excluding hydrogens is 207 g/mol. The molecule has 2 rings (SSSR count). The van der Waals surface area contributed by atoms with Crippen LogP contribution in [0, 0.1) is 5.82 Å². The molecule has 4 heteroatoms. The van der Waals surface area contributed by atoms with Crippen LogP contribution >= 0.6 is 0 Å². The Labute approximate surface area is 94.3 Å². The lowest BCUT2D eigenvalue weighted by Crippen LogP contribution is -2.34. The van der Waals surface area contributed by atoms with Crippen molar-refractivity contribution >= 4 is 5.91 Å². The standard InChI is InChI=1S/C12H15FN2O/c13-11-4-2-10(3-5-11)9-15-7-1-6-14-8-12(15)16/h2-5,14H,1,6-9H2. The number of hydrogen-bond acceptors (Lipinski definition) is 2. The van der Waals surface area contributed by atoms with Crippen LogP contribution in [-0.2, 0) is 11.3 Å². The molecule has 1 aromatic rings. The average molecular weight is 222 g/mol. The summed E-state index contributed by atoms with van der Waals surface area (Å²) in [5.74, 6) is -0.130. The van der Waals surface area contributed by atoms with Gasteiger partial charge < -0.3 is 10.2 Å². The van der Waals surface area contributed by atoms with Gasteiger partial charge in [0.15, 0.2) is 0 Å². The molecule has 1 saturated heterocycles. The van der Waals surface area contributed by atoms with E-state index in [1.165, 1.54) is 12.1 Å². The summed E-state index contributed by atoms with van der Waals surface area (Å²) in [6.45, 7) is 2.62. The lowest BCUT2D eigenvalue weighted by Gasteiger charge is -2.20. The summed E-state index contributed by atoms with van der Waals surface area (Å²) >= 11 is 0. The molecule has 1 N–H and O–H groups in total. The van der Waals surface area contributed by atoms with Gasteiger partial charge in [-0.2, -0.15) is 0 Å². The zero-order valence-electron chi connectivity index (χ0n) is 9.08. The maximum Gasteiger partial charge on any atom is 0.236 e. The number of hydrogen-bond donors (Lipinski definition) is 1. The first-order valence-corrected chi connectivity index (χ1v) is 5.48. The van der Waals surface area contributed by atoms with Crippen molar-refractivity contribution in [2.45, 2.75) is 13.0 Å². The minimum Gasteiger partial charge on any atom is -0.337 e. The quantitative estimate of drug-likeness (QED) is 0.814. The fourth-order valence-corrected chi connectivity index (χ4v) is 1.80. The zero-order chi connectivity index (χ0) is 11.4. The second kappa shape index (κ2) is 5.07. The molecule has 1 heterocycles. The maximum atomic E-state index is 12.7. The van der Waals surface area contributed by atoms with Gasteiger partial charge in [-0.3, -0.25) is 4.79 Å². The van der Waals surface area contributed by atoms with Gasteiger partial charge in [0.25, 0.3) is 0 Å². The number of halogens is 1. The second-order valence-electron chi connectivity index (χ2n) is 3.97. The van der Waals surface area contributed by atoms with Gasteiger partial charge in [-0.25, -0.2) is 4.39 Å². The Bertz CT molecular complexity index is 364. The van der Waals surface area contributed by atoms with Gasteiger partial charge in [0, 0.05) is 13.1 Å². The van der Waals surface area contributed by atoms with E-state index in [0.29, 0.717) is 13.1 Å². The average Bonchev–Trinajstić information content (AvgIpc) is 2.48. The van der Waals surface area contributed by atoms with Gasteiger partial charge in [0.05, 0.1) is 6.54 Å². The molecule has 1 aromatic carbocycles. The largest absolute Gasteiger partial charge is 0.337 e. The summed E-state index contributed by atoms with van der Waals surface area (Å²) in [5, 5.41) is 3.07. The number of benzene rings is 1. The van der Waals surface area contributed by atoms with E-state index in [1.807, 2.05) is 4.90 Å². The maximum absolute atomic E-state index is 12.7. The number of carbonyl (C=O) groups is 1. The topological polar surface area (TPSA) is 32.3 Å². The Morgan fingerprint density at radius 1 is 1.31 bits per heavy atom. The molecule has 0 saturated carbocycles. The summed E-state index contributed by atoms with van der Waals surface area (Å²) in [4.78, 5) is 13.5. The first-order chi connectivity index (χ1) is 7.75. The summed E-state index contributed by atoms with van der Waals surface area (Å²) in [7, 11) is 0. The minimum atomic E-state index is -0.243. The van der Waals surface area contributed by atoms with Gasteiger partial charge in [-0.1, -0.05) is 12.1 Å². The number of nitrogens with one attached hydrogen (secondary N) is 1. The van der Waals surface area contributed by atoms with E-state index in [0.717, 1.165) is 25.1 Å². The van der Waals surface area contributed by atoms with Crippen molar-refractivity contribution in [1.82, 2.24) is 10.2 Å². The van der Waals surface area contributed by atoms with Gasteiger partial charge in [0.2, 0.25) is 5.91 Å². The molecule has 0 unspecified atom stereocenters. The lowest BCUT2D eigenvalue weighted by atomic mass is 10.2. The van der Waals surface area contributed by atoms with Crippen LogP contribution in [-0.4, -0.2) is 30.4 Å². The Morgan fingerprint density at radius 2 is 2.06 bits per heavy atom. The second-order valence-corrected chi connectivity index (χ2v) is 3.97. The smallest absolute Gasteiger partial charge is 0.236 e. The highest BCUT2D eigenvalue weighted by atomic mass is 19.1. The third-order valence-corrected chi connectivity index (χ3v) is 2.70. The molecule has 3 nitrogen and oxygen atoms in total. The third kappa shape index (κ3) is 2.79. The van der Waals surface area contributed by atoms with Crippen LogP contribution in [0.3, 0.4) is 0 Å². The monoisotopic (exact) mass is 222 g/mol. The van der Waals surface area contributed by atoms with Crippen molar-refractivity contribution in [2.75, 3.05) is 19.6 Å². The van der Waals surface area contributed by atoms with E-state index >= 15 is 0 Å². The van der Waals surface area contributed by atoms with E-state index < -0.39 is 0 Å². The number of nitrogens with zero attached hydrogens (tertiary/aromatic N) is 1. The Morgan fingerprint density at radius 3 is 2.81 bits per heavy atom. The fourth-order valence-electron chi connectivity index (χ4n) is 1.80. The molecule has 0 radical (unpaired) electrons. The molecule has 1 amide bonds. The van der Waals surface area contributed by atoms with Crippen LogP contribution in [0.25, 0.3) is 0 Å². The van der Waals surface area contributed by atoms with E-state index in [4.69, 9.17) is 0 Å². The highest BCUT2D eigenvalue weighted by molar-refractivity contribution is 5.78. The number of carbonyl (C=O) groups excluding carboxylic acids is 1. The Kier molecular flexibility index (Phi) is 3.51. The van der Waals surface area contributed by atoms with Crippen LogP contribution in [0.1, 0.15) is 12.0 Å². The summed E-state index contributed by atoms with van der Waals surface area (Å²) in [6.07, 6.45) is 0.965. The third-order valence-electron chi connectivity index (χ3n) is 2.70. The van der Waals surface area contributed by atoms with Gasteiger partial charge in [0.1, 0.15) is 5.82 Å².